The molecule has 148 valence electrons. The van der Waals surface area contributed by atoms with E-state index in [1.54, 1.807) is 18.2 Å². The summed E-state index contributed by atoms with van der Waals surface area (Å²) in [6.07, 6.45) is 1.40. The predicted octanol–water partition coefficient (Wildman–Crippen LogP) is 3.97. The number of amides is 3. The molecule has 9 heteroatoms. The third kappa shape index (κ3) is 4.88. The second-order valence-corrected chi connectivity index (χ2v) is 7.29. The molecule has 1 aliphatic heterocycles. The second-order valence-electron chi connectivity index (χ2n) is 6.30. The fourth-order valence-corrected chi connectivity index (χ4v) is 3.58. The number of imide groups is 1. The van der Waals surface area contributed by atoms with Crippen molar-refractivity contribution in [3.63, 3.8) is 0 Å². The Labute approximate surface area is 170 Å². The average molecular weight is 411 g/mol. The van der Waals surface area contributed by atoms with Crippen molar-refractivity contribution in [3.8, 4) is 0 Å². The molecule has 0 atom stereocenters. The number of nitro benzene ring substituents is 1. The van der Waals surface area contributed by atoms with Gasteiger partial charge in [0.25, 0.3) is 16.8 Å². The highest BCUT2D eigenvalue weighted by molar-refractivity contribution is 8.18. The molecule has 1 aliphatic rings. The summed E-state index contributed by atoms with van der Waals surface area (Å²) in [6, 6.07) is 13.1. The molecule has 2 aromatic rings. The van der Waals surface area contributed by atoms with Crippen LogP contribution in [-0.4, -0.2) is 33.4 Å². The van der Waals surface area contributed by atoms with Crippen LogP contribution in [-0.2, 0) is 9.59 Å². The maximum Gasteiger partial charge on any atom is 0.293 e. The largest absolute Gasteiger partial charge is 0.326 e. The lowest BCUT2D eigenvalue weighted by Crippen LogP contribution is -2.31. The topological polar surface area (TPSA) is 110 Å². The predicted molar refractivity (Wildman–Crippen MR) is 110 cm³/mol. The molecule has 2 aromatic carbocycles. The molecular weight excluding hydrogens is 394 g/mol. The van der Waals surface area contributed by atoms with Gasteiger partial charge >= 0.3 is 0 Å². The van der Waals surface area contributed by atoms with Crippen LogP contribution < -0.4 is 5.32 Å². The van der Waals surface area contributed by atoms with Gasteiger partial charge in [0, 0.05) is 30.8 Å². The zero-order valence-electron chi connectivity index (χ0n) is 15.5. The van der Waals surface area contributed by atoms with Crippen molar-refractivity contribution in [2.45, 2.75) is 13.3 Å². The van der Waals surface area contributed by atoms with Crippen molar-refractivity contribution in [1.29, 1.82) is 0 Å². The highest BCUT2D eigenvalue weighted by Gasteiger charge is 2.35. The lowest BCUT2D eigenvalue weighted by Gasteiger charge is -2.13. The van der Waals surface area contributed by atoms with Crippen LogP contribution >= 0.6 is 11.8 Å². The van der Waals surface area contributed by atoms with E-state index in [9.17, 15) is 24.5 Å². The Balaban J connectivity index is 1.64. The maximum atomic E-state index is 12.5. The zero-order valence-corrected chi connectivity index (χ0v) is 16.3. The zero-order chi connectivity index (χ0) is 21.0. The Morgan fingerprint density at radius 2 is 1.97 bits per heavy atom. The molecular formula is C20H17N3O5S. The monoisotopic (exact) mass is 411 g/mol. The summed E-state index contributed by atoms with van der Waals surface area (Å²) in [5.41, 5.74) is 1.93. The minimum absolute atomic E-state index is 0.0313. The normalized spacial score (nSPS) is 15.1. The number of thioether (sulfide) groups is 1. The fraction of sp³-hybridized carbons (Fsp3) is 0.150. The second kappa shape index (κ2) is 8.70. The third-order valence-electron chi connectivity index (χ3n) is 4.23. The third-order valence-corrected chi connectivity index (χ3v) is 5.14. The van der Waals surface area contributed by atoms with Crippen LogP contribution in [0.15, 0.2) is 53.4 Å². The molecule has 29 heavy (non-hydrogen) atoms. The van der Waals surface area contributed by atoms with Gasteiger partial charge in [0.05, 0.1) is 9.83 Å². The van der Waals surface area contributed by atoms with Gasteiger partial charge in [-0.15, -0.1) is 0 Å². The van der Waals surface area contributed by atoms with Crippen molar-refractivity contribution < 1.29 is 19.3 Å². The number of hydrogen-bond donors (Lipinski definition) is 1. The Hall–Kier alpha value is -3.46. The van der Waals surface area contributed by atoms with E-state index in [-0.39, 0.29) is 29.5 Å². The standard InChI is InChI=1S/C20H17N3O5S/c1-13-5-2-3-8-16(13)21-18(24)9-10-22-19(25)17(29-20(22)26)12-14-6-4-7-15(11-14)23(27)28/h2-8,11-12H,9-10H2,1H3,(H,21,24)/b17-12-. The molecule has 0 unspecified atom stereocenters. The van der Waals surface area contributed by atoms with Crippen LogP contribution in [0.3, 0.4) is 0 Å². The molecule has 1 heterocycles. The van der Waals surface area contributed by atoms with Crippen LogP contribution in [0.5, 0.6) is 0 Å². The van der Waals surface area contributed by atoms with Gasteiger partial charge in [0.1, 0.15) is 0 Å². The Kier molecular flexibility index (Phi) is 6.08. The number of aryl methyl sites for hydroxylation is 1. The summed E-state index contributed by atoms with van der Waals surface area (Å²) in [4.78, 5) is 48.4. The Morgan fingerprint density at radius 1 is 1.21 bits per heavy atom. The molecule has 3 rings (SSSR count). The molecule has 0 saturated carbocycles. The highest BCUT2D eigenvalue weighted by Crippen LogP contribution is 2.32. The summed E-state index contributed by atoms with van der Waals surface area (Å²) in [6.45, 7) is 1.82. The van der Waals surface area contributed by atoms with E-state index in [0.717, 1.165) is 22.2 Å². The van der Waals surface area contributed by atoms with E-state index in [1.165, 1.54) is 24.3 Å². The number of anilines is 1. The van der Waals surface area contributed by atoms with E-state index in [4.69, 9.17) is 0 Å². The molecule has 1 saturated heterocycles. The lowest BCUT2D eigenvalue weighted by atomic mass is 10.2. The Bertz CT molecular complexity index is 1030. The molecule has 3 amide bonds. The van der Waals surface area contributed by atoms with Gasteiger partial charge < -0.3 is 5.32 Å². The SMILES string of the molecule is Cc1ccccc1NC(=O)CCN1C(=O)S/C(=C\c2cccc([N+](=O)[O-])c2)C1=O. The van der Waals surface area contributed by atoms with Gasteiger partial charge in [-0.25, -0.2) is 0 Å². The van der Waals surface area contributed by atoms with Gasteiger partial charge in [-0.2, -0.15) is 0 Å². The van der Waals surface area contributed by atoms with Crippen molar-refractivity contribution in [1.82, 2.24) is 4.90 Å². The van der Waals surface area contributed by atoms with Crippen molar-refractivity contribution in [2.75, 3.05) is 11.9 Å². The minimum Gasteiger partial charge on any atom is -0.326 e. The van der Waals surface area contributed by atoms with E-state index in [2.05, 4.69) is 5.32 Å². The molecule has 8 nitrogen and oxygen atoms in total. The number of non-ortho nitro benzene ring substituents is 1. The average Bonchev–Trinajstić information content (AvgIpc) is 2.95. The first-order chi connectivity index (χ1) is 13.8. The smallest absolute Gasteiger partial charge is 0.293 e. The first kappa shape index (κ1) is 20.3. The summed E-state index contributed by atoms with van der Waals surface area (Å²) in [5.74, 6) is -0.823. The number of para-hydroxylation sites is 1. The quantitative estimate of drug-likeness (QED) is 0.438. The summed E-state index contributed by atoms with van der Waals surface area (Å²) < 4.78 is 0. The van der Waals surface area contributed by atoms with E-state index in [1.807, 2.05) is 19.1 Å². The molecule has 1 fully saturated rings. The maximum absolute atomic E-state index is 12.5. The summed E-state index contributed by atoms with van der Waals surface area (Å²) >= 11 is 0.746. The molecule has 0 bridgehead atoms. The van der Waals surface area contributed by atoms with Crippen LogP contribution in [0, 0.1) is 17.0 Å². The summed E-state index contributed by atoms with van der Waals surface area (Å²) in [7, 11) is 0. The molecule has 1 N–H and O–H groups in total. The van der Waals surface area contributed by atoms with Crippen LogP contribution in [0.4, 0.5) is 16.2 Å². The van der Waals surface area contributed by atoms with Gasteiger partial charge in [-0.3, -0.25) is 29.4 Å². The van der Waals surface area contributed by atoms with Crippen molar-refractivity contribution >= 4 is 46.3 Å². The van der Waals surface area contributed by atoms with Gasteiger partial charge in [0.2, 0.25) is 5.91 Å². The van der Waals surface area contributed by atoms with Gasteiger partial charge in [-0.05, 0) is 42.0 Å². The van der Waals surface area contributed by atoms with Gasteiger partial charge in [-0.1, -0.05) is 30.3 Å². The van der Waals surface area contributed by atoms with E-state index in [0.29, 0.717) is 11.3 Å². The number of nitrogens with one attached hydrogen (secondary N) is 1. The number of rotatable bonds is 6. The molecule has 0 radical (unpaired) electrons. The van der Waals surface area contributed by atoms with Crippen LogP contribution in [0.25, 0.3) is 6.08 Å². The number of nitro groups is 1. The number of nitrogens with zero attached hydrogens (tertiary/aromatic N) is 2. The fourth-order valence-electron chi connectivity index (χ4n) is 2.71. The number of benzene rings is 2. The van der Waals surface area contributed by atoms with Crippen LogP contribution in [0.1, 0.15) is 17.5 Å². The van der Waals surface area contributed by atoms with E-state index >= 15 is 0 Å². The van der Waals surface area contributed by atoms with Crippen LogP contribution in [0.2, 0.25) is 0 Å². The lowest BCUT2D eigenvalue weighted by molar-refractivity contribution is -0.384. The highest BCUT2D eigenvalue weighted by atomic mass is 32.2. The number of hydrogen-bond acceptors (Lipinski definition) is 6. The first-order valence-electron chi connectivity index (χ1n) is 8.70. The van der Waals surface area contributed by atoms with Gasteiger partial charge in [0.15, 0.2) is 0 Å². The molecule has 0 aliphatic carbocycles. The summed E-state index contributed by atoms with van der Waals surface area (Å²) in [5, 5.41) is 13.2. The van der Waals surface area contributed by atoms with E-state index < -0.39 is 16.1 Å². The first-order valence-corrected chi connectivity index (χ1v) is 9.52. The Morgan fingerprint density at radius 3 is 2.69 bits per heavy atom. The molecule has 0 aromatic heterocycles. The van der Waals surface area contributed by atoms with Crippen molar-refractivity contribution in [3.05, 3.63) is 74.7 Å². The van der Waals surface area contributed by atoms with Crippen molar-refractivity contribution in [2.24, 2.45) is 0 Å². The molecule has 0 spiro atoms. The minimum atomic E-state index is -0.532. The number of carbonyl (C=O) groups is 3. The number of carbonyl (C=O) groups excluding carboxylic acids is 3.